The standard InChI is InChI=1S/C20H40B8/c1-3-5-7-8-10-18(23,24)12-14-20(27,28)16-15-19(25,26)13-11-17(21,22)9-6-4-2/h6,8-16H,3-5,7,21-28H2,1-2H3/b9-6-,10-8-,13-11-,14-12-,16-15-. The lowest BCUT2D eigenvalue weighted by Gasteiger charge is -2.24. The van der Waals surface area contributed by atoms with Crippen LogP contribution in [-0.2, 0) is 0 Å². The van der Waals surface area contributed by atoms with Crippen molar-refractivity contribution in [2.75, 3.05) is 0 Å². The van der Waals surface area contributed by atoms with E-state index < -0.39 is 0 Å². The summed E-state index contributed by atoms with van der Waals surface area (Å²) < 4.78 is 0. The minimum atomic E-state index is 0.0390. The van der Waals surface area contributed by atoms with Gasteiger partial charge in [-0.05, 0) is 12.8 Å². The second-order valence-corrected chi connectivity index (χ2v) is 10.6. The number of hydrogen-bond donors (Lipinski definition) is 0. The Kier molecular flexibility index (Phi) is 11.7. The third-order valence-electron chi connectivity index (χ3n) is 4.88. The molecule has 28 heavy (non-hydrogen) atoms. The van der Waals surface area contributed by atoms with E-state index in [1.165, 1.54) is 19.3 Å². The zero-order valence-electron chi connectivity index (χ0n) is 20.6. The molecule has 0 bridgehead atoms. The molecule has 0 aromatic heterocycles. The molecule has 8 heteroatoms. The fraction of sp³-hybridized carbons (Fsp3) is 0.500. The lowest BCUT2D eigenvalue weighted by atomic mass is 9.47. The van der Waals surface area contributed by atoms with E-state index in [2.05, 4.69) is 137 Å². The Labute approximate surface area is 183 Å². The Hall–Kier alpha value is -0.781. The quantitative estimate of drug-likeness (QED) is 0.234. The fourth-order valence-electron chi connectivity index (χ4n) is 2.64. The van der Waals surface area contributed by atoms with Gasteiger partial charge in [-0.1, -0.05) is 108 Å². The third kappa shape index (κ3) is 14.3. The average molecular weight is 367 g/mol. The molecule has 0 atom stereocenters. The highest BCUT2D eigenvalue weighted by Gasteiger charge is 2.18. The molecule has 0 aliphatic rings. The Bertz CT molecular complexity index is 595. The summed E-state index contributed by atoms with van der Waals surface area (Å²) in [7, 11) is 18.2. The monoisotopic (exact) mass is 368 g/mol. The van der Waals surface area contributed by atoms with Crippen LogP contribution in [0.1, 0.15) is 39.5 Å². The van der Waals surface area contributed by atoms with Crippen LogP contribution >= 0.6 is 0 Å². The van der Waals surface area contributed by atoms with Gasteiger partial charge in [-0.3, -0.25) is 0 Å². The summed E-state index contributed by atoms with van der Waals surface area (Å²) in [6.07, 6.45) is 28.1. The molecule has 0 aromatic rings. The predicted octanol–water partition coefficient (Wildman–Crippen LogP) is -1.10. The molecule has 0 heterocycles. The number of unbranched alkanes of at least 4 members (excludes halogenated alkanes) is 2. The summed E-state index contributed by atoms with van der Waals surface area (Å²) in [5.41, 5.74) is 0. The number of allylic oxidation sites excluding steroid dienone is 10. The van der Waals surface area contributed by atoms with Crippen molar-refractivity contribution in [1.29, 1.82) is 0 Å². The third-order valence-corrected chi connectivity index (χ3v) is 4.88. The molecule has 0 radical (unpaired) electrons. The Morgan fingerprint density at radius 3 is 1.14 bits per heavy atom. The molecule has 0 unspecified atom stereocenters. The van der Waals surface area contributed by atoms with Gasteiger partial charge in [0.15, 0.2) is 0 Å². The average Bonchev–Trinajstić information content (AvgIpc) is 2.60. The van der Waals surface area contributed by atoms with E-state index in [1.54, 1.807) is 0 Å². The van der Waals surface area contributed by atoms with Gasteiger partial charge in [0, 0.05) is 0 Å². The molecule has 0 N–H and O–H groups in total. The normalized spacial score (nSPS) is 15.1. The van der Waals surface area contributed by atoms with Crippen LogP contribution in [-0.4, -0.2) is 62.8 Å². The zero-order chi connectivity index (χ0) is 21.9. The molecular weight excluding hydrogens is 327 g/mol. The summed E-state index contributed by atoms with van der Waals surface area (Å²) in [5, 5.41) is 0.282. The van der Waals surface area contributed by atoms with E-state index in [4.69, 9.17) is 0 Å². The first-order chi connectivity index (χ1) is 12.7. The van der Waals surface area contributed by atoms with Crippen LogP contribution in [0.5, 0.6) is 0 Å². The minimum Gasteiger partial charge on any atom is -0.0950 e. The van der Waals surface area contributed by atoms with Crippen LogP contribution in [0.3, 0.4) is 0 Å². The molecule has 0 aliphatic heterocycles. The van der Waals surface area contributed by atoms with Gasteiger partial charge in [-0.2, -0.15) is 0 Å². The van der Waals surface area contributed by atoms with Crippen LogP contribution < -0.4 is 0 Å². The second-order valence-electron chi connectivity index (χ2n) is 10.6. The first-order valence-electron chi connectivity index (χ1n) is 11.2. The predicted molar refractivity (Wildman–Crippen MR) is 155 cm³/mol. The van der Waals surface area contributed by atoms with Gasteiger partial charge in [0.05, 0.1) is 0 Å². The molecule has 0 aliphatic carbocycles. The summed E-state index contributed by atoms with van der Waals surface area (Å²) in [6.45, 7) is 4.42. The maximum Gasteiger partial charge on any atom is 0.108 e. The van der Waals surface area contributed by atoms with Gasteiger partial charge in [0.2, 0.25) is 0 Å². The lowest BCUT2D eigenvalue weighted by Crippen LogP contribution is -2.13. The van der Waals surface area contributed by atoms with E-state index in [1.807, 2.05) is 0 Å². The van der Waals surface area contributed by atoms with Crippen LogP contribution in [0, 0.1) is 0 Å². The van der Waals surface area contributed by atoms with E-state index in [0.717, 1.165) is 6.42 Å². The van der Waals surface area contributed by atoms with Crippen molar-refractivity contribution in [2.45, 2.75) is 60.4 Å². The molecule has 0 fully saturated rings. The first kappa shape index (κ1) is 27.2. The zero-order valence-corrected chi connectivity index (χ0v) is 20.6. The SMILES string of the molecule is BC(B)(/C=C\CC)/C=C\C(B)(B)/C=C\C(B)(B)/C=C\C(B)(B)/C=C\CCCC. The highest BCUT2D eigenvalue weighted by Crippen LogP contribution is 2.31. The molecule has 0 amide bonds. The van der Waals surface area contributed by atoms with Gasteiger partial charge in [0.1, 0.15) is 62.8 Å². The van der Waals surface area contributed by atoms with Crippen molar-refractivity contribution in [3.63, 3.8) is 0 Å². The Morgan fingerprint density at radius 2 is 0.821 bits per heavy atom. The molecular formula is C20H40B8. The van der Waals surface area contributed by atoms with E-state index in [-0.39, 0.29) is 20.9 Å². The topological polar surface area (TPSA) is 0 Å². The molecule has 0 nitrogen and oxygen atoms in total. The van der Waals surface area contributed by atoms with Crippen LogP contribution in [0.2, 0.25) is 20.9 Å². The Balaban J connectivity index is 5.07. The summed E-state index contributed by atoms with van der Waals surface area (Å²) >= 11 is 0. The van der Waals surface area contributed by atoms with Crippen molar-refractivity contribution < 1.29 is 0 Å². The minimum absolute atomic E-state index is 0.0390. The maximum absolute atomic E-state index is 2.35. The second kappa shape index (κ2) is 12.0. The van der Waals surface area contributed by atoms with Crippen molar-refractivity contribution in [1.82, 2.24) is 0 Å². The van der Waals surface area contributed by atoms with E-state index >= 15 is 0 Å². The summed E-state index contributed by atoms with van der Waals surface area (Å²) in [5.74, 6) is 0. The molecule has 0 saturated carbocycles. The van der Waals surface area contributed by atoms with Gasteiger partial charge in [-0.25, -0.2) is 0 Å². The van der Waals surface area contributed by atoms with Crippen molar-refractivity contribution >= 4 is 62.8 Å². The molecule has 0 rings (SSSR count). The number of hydrogen-bond acceptors (Lipinski definition) is 0. The molecule has 0 spiro atoms. The Morgan fingerprint density at radius 1 is 0.500 bits per heavy atom. The lowest BCUT2D eigenvalue weighted by molar-refractivity contribution is 0.812. The van der Waals surface area contributed by atoms with Crippen molar-refractivity contribution in [2.24, 2.45) is 0 Å². The largest absolute Gasteiger partial charge is 0.108 e. The fourth-order valence-corrected chi connectivity index (χ4v) is 2.64. The summed E-state index contributed by atoms with van der Waals surface area (Å²) in [6, 6.07) is 0. The van der Waals surface area contributed by atoms with Crippen molar-refractivity contribution in [3.05, 3.63) is 60.8 Å². The van der Waals surface area contributed by atoms with Crippen LogP contribution in [0.15, 0.2) is 60.8 Å². The summed E-state index contributed by atoms with van der Waals surface area (Å²) in [4.78, 5) is 0. The smallest absolute Gasteiger partial charge is 0.0950 e. The van der Waals surface area contributed by atoms with Crippen LogP contribution in [0.4, 0.5) is 0 Å². The van der Waals surface area contributed by atoms with Gasteiger partial charge in [-0.15, -0.1) is 0 Å². The highest BCUT2D eigenvalue weighted by atomic mass is 14.1. The maximum atomic E-state index is 2.35. The number of rotatable bonds is 12. The van der Waals surface area contributed by atoms with Crippen LogP contribution in [0.25, 0.3) is 0 Å². The van der Waals surface area contributed by atoms with Gasteiger partial charge < -0.3 is 0 Å². The van der Waals surface area contributed by atoms with Gasteiger partial charge in [0.25, 0.3) is 0 Å². The van der Waals surface area contributed by atoms with E-state index in [0.29, 0.717) is 0 Å². The van der Waals surface area contributed by atoms with E-state index in [9.17, 15) is 0 Å². The molecule has 144 valence electrons. The molecule has 0 saturated heterocycles. The van der Waals surface area contributed by atoms with Crippen molar-refractivity contribution in [3.8, 4) is 0 Å². The molecule has 0 aromatic carbocycles. The highest BCUT2D eigenvalue weighted by molar-refractivity contribution is 6.46. The van der Waals surface area contributed by atoms with Gasteiger partial charge >= 0.3 is 0 Å². The first-order valence-corrected chi connectivity index (χ1v) is 11.2.